The van der Waals surface area contributed by atoms with E-state index >= 15 is 0 Å². The summed E-state index contributed by atoms with van der Waals surface area (Å²) in [6.07, 6.45) is 3.31. The molecule has 1 amide bonds. The highest BCUT2D eigenvalue weighted by molar-refractivity contribution is 7.80. The minimum Gasteiger partial charge on any atom is -0.494 e. The zero-order valence-corrected chi connectivity index (χ0v) is 16.7. The Morgan fingerprint density at radius 1 is 1.12 bits per heavy atom. The van der Waals surface area contributed by atoms with Gasteiger partial charge >= 0.3 is 0 Å². The highest BCUT2D eigenvalue weighted by atomic mass is 35.5. The predicted octanol–water partition coefficient (Wildman–Crippen LogP) is 5.69. The Labute approximate surface area is 168 Å². The summed E-state index contributed by atoms with van der Waals surface area (Å²) in [6, 6.07) is 12.1. The first-order valence-corrected chi connectivity index (χ1v) is 9.47. The van der Waals surface area contributed by atoms with Crippen molar-refractivity contribution in [2.75, 3.05) is 11.9 Å². The van der Waals surface area contributed by atoms with E-state index in [0.29, 0.717) is 27.9 Å². The van der Waals surface area contributed by atoms with Crippen molar-refractivity contribution >= 4 is 52.1 Å². The normalized spacial score (nSPS) is 10.3. The number of unbranched alkanes of at least 4 members (excludes halogenated alkanes) is 2. The summed E-state index contributed by atoms with van der Waals surface area (Å²) in [6.45, 7) is 2.82. The zero-order valence-electron chi connectivity index (χ0n) is 14.4. The van der Waals surface area contributed by atoms with Crippen LogP contribution in [0.25, 0.3) is 0 Å². The molecule has 7 heteroatoms. The fourth-order valence-corrected chi connectivity index (χ4v) is 2.72. The van der Waals surface area contributed by atoms with E-state index in [1.807, 2.05) is 0 Å². The molecule has 26 heavy (non-hydrogen) atoms. The molecule has 2 aromatic carbocycles. The molecule has 0 fully saturated rings. The first kappa shape index (κ1) is 20.5. The van der Waals surface area contributed by atoms with E-state index in [2.05, 4.69) is 17.6 Å². The number of hydrogen-bond acceptors (Lipinski definition) is 3. The van der Waals surface area contributed by atoms with Gasteiger partial charge in [-0.2, -0.15) is 0 Å². The number of ether oxygens (including phenoxy) is 1. The van der Waals surface area contributed by atoms with Gasteiger partial charge in [0.05, 0.1) is 22.3 Å². The van der Waals surface area contributed by atoms with Gasteiger partial charge in [-0.05, 0) is 55.0 Å². The number of amides is 1. The molecule has 0 aliphatic carbocycles. The molecule has 0 atom stereocenters. The third-order valence-corrected chi connectivity index (χ3v) is 4.58. The smallest absolute Gasteiger partial charge is 0.257 e. The minimum absolute atomic E-state index is 0.138. The van der Waals surface area contributed by atoms with Gasteiger partial charge in [0.1, 0.15) is 5.75 Å². The summed E-state index contributed by atoms with van der Waals surface area (Å²) in [4.78, 5) is 12.3. The number of carbonyl (C=O) groups is 1. The first-order chi connectivity index (χ1) is 12.5. The molecule has 0 radical (unpaired) electrons. The fraction of sp³-hybridized carbons (Fsp3) is 0.263. The number of thiocarbonyl (C=S) groups is 1. The highest BCUT2D eigenvalue weighted by Crippen LogP contribution is 2.29. The lowest BCUT2D eigenvalue weighted by molar-refractivity contribution is 0.0977. The average molecular weight is 411 g/mol. The van der Waals surface area contributed by atoms with Gasteiger partial charge in [-0.3, -0.25) is 10.1 Å². The average Bonchev–Trinajstić information content (AvgIpc) is 2.63. The van der Waals surface area contributed by atoms with Crippen LogP contribution in [0, 0.1) is 0 Å². The molecular formula is C19H20Cl2N2O2S. The van der Waals surface area contributed by atoms with Gasteiger partial charge in [0, 0.05) is 5.56 Å². The number of hydrogen-bond donors (Lipinski definition) is 2. The van der Waals surface area contributed by atoms with E-state index in [1.54, 1.807) is 42.5 Å². The van der Waals surface area contributed by atoms with Gasteiger partial charge in [0.25, 0.3) is 5.91 Å². The monoisotopic (exact) mass is 410 g/mol. The summed E-state index contributed by atoms with van der Waals surface area (Å²) in [5, 5.41) is 6.35. The Bertz CT molecular complexity index is 767. The summed E-state index contributed by atoms with van der Waals surface area (Å²) >= 11 is 17.2. The van der Waals surface area contributed by atoms with Gasteiger partial charge < -0.3 is 10.1 Å². The Morgan fingerprint density at radius 2 is 1.85 bits per heavy atom. The molecule has 138 valence electrons. The van der Waals surface area contributed by atoms with E-state index in [9.17, 15) is 4.79 Å². The van der Waals surface area contributed by atoms with Gasteiger partial charge in [-0.15, -0.1) is 0 Å². The molecule has 0 unspecified atom stereocenters. The number of halogens is 2. The van der Waals surface area contributed by atoms with Crippen LogP contribution >= 0.6 is 35.4 Å². The largest absolute Gasteiger partial charge is 0.494 e. The van der Waals surface area contributed by atoms with Crippen LogP contribution in [0.15, 0.2) is 42.5 Å². The summed E-state index contributed by atoms with van der Waals surface area (Å²) in [7, 11) is 0. The Morgan fingerprint density at radius 3 is 2.54 bits per heavy atom. The second-order valence-electron chi connectivity index (χ2n) is 5.59. The van der Waals surface area contributed by atoms with Crippen LogP contribution in [-0.2, 0) is 0 Å². The van der Waals surface area contributed by atoms with Crippen molar-refractivity contribution < 1.29 is 9.53 Å². The van der Waals surface area contributed by atoms with Crippen LogP contribution < -0.4 is 15.4 Å². The standard InChI is InChI=1S/C19H20Cl2N2O2S/c1-2-3-4-12-25-14-10-8-13(9-11-14)18(24)23-19(26)22-16-7-5-6-15(20)17(16)21/h5-11H,2-4,12H2,1H3,(H2,22,23,24,26). The molecule has 0 spiro atoms. The number of anilines is 1. The minimum atomic E-state index is -0.321. The molecule has 0 aromatic heterocycles. The van der Waals surface area contributed by atoms with Gasteiger partial charge in [-0.1, -0.05) is 49.0 Å². The Balaban J connectivity index is 1.88. The van der Waals surface area contributed by atoms with Gasteiger partial charge in [-0.25, -0.2) is 0 Å². The molecule has 2 N–H and O–H groups in total. The second-order valence-corrected chi connectivity index (χ2v) is 6.78. The molecule has 2 aromatic rings. The van der Waals surface area contributed by atoms with E-state index < -0.39 is 0 Å². The van der Waals surface area contributed by atoms with Crippen LogP contribution in [0.5, 0.6) is 5.75 Å². The van der Waals surface area contributed by atoms with Crippen molar-refractivity contribution in [2.24, 2.45) is 0 Å². The van der Waals surface area contributed by atoms with E-state index in [1.165, 1.54) is 0 Å². The van der Waals surface area contributed by atoms with Gasteiger partial charge in [0.15, 0.2) is 5.11 Å². The fourth-order valence-electron chi connectivity index (χ4n) is 2.17. The molecular weight excluding hydrogens is 391 g/mol. The number of carbonyl (C=O) groups excluding carboxylic acids is 1. The lowest BCUT2D eigenvalue weighted by atomic mass is 10.2. The first-order valence-electron chi connectivity index (χ1n) is 8.30. The van der Waals surface area contributed by atoms with Crippen molar-refractivity contribution in [1.29, 1.82) is 0 Å². The van der Waals surface area contributed by atoms with Gasteiger partial charge in [0.2, 0.25) is 0 Å². The lowest BCUT2D eigenvalue weighted by Crippen LogP contribution is -2.34. The predicted molar refractivity (Wildman–Crippen MR) is 112 cm³/mol. The summed E-state index contributed by atoms with van der Waals surface area (Å²) < 4.78 is 5.63. The molecule has 0 saturated carbocycles. The quantitative estimate of drug-likeness (QED) is 0.454. The Kier molecular flexibility index (Phi) is 8.16. The number of nitrogens with one attached hydrogen (secondary N) is 2. The van der Waals surface area contributed by atoms with Crippen LogP contribution in [-0.4, -0.2) is 17.6 Å². The van der Waals surface area contributed by atoms with Crippen molar-refractivity contribution in [2.45, 2.75) is 26.2 Å². The third-order valence-electron chi connectivity index (χ3n) is 3.56. The lowest BCUT2D eigenvalue weighted by Gasteiger charge is -2.12. The Hall–Kier alpha value is -1.82. The maximum Gasteiger partial charge on any atom is 0.257 e. The number of benzene rings is 2. The summed E-state index contributed by atoms with van der Waals surface area (Å²) in [5.41, 5.74) is 1.01. The molecule has 0 heterocycles. The van der Waals surface area contributed by atoms with Crippen LogP contribution in [0.4, 0.5) is 5.69 Å². The third kappa shape index (κ3) is 6.16. The van der Waals surface area contributed by atoms with Crippen LogP contribution in [0.3, 0.4) is 0 Å². The van der Waals surface area contributed by atoms with Crippen LogP contribution in [0.2, 0.25) is 10.0 Å². The van der Waals surface area contributed by atoms with Crippen molar-refractivity contribution in [3.8, 4) is 5.75 Å². The summed E-state index contributed by atoms with van der Waals surface area (Å²) in [5.74, 6) is 0.419. The highest BCUT2D eigenvalue weighted by Gasteiger charge is 2.10. The molecule has 4 nitrogen and oxygen atoms in total. The molecule has 0 bridgehead atoms. The molecule has 0 aliphatic heterocycles. The van der Waals surface area contributed by atoms with Crippen molar-refractivity contribution in [3.05, 3.63) is 58.1 Å². The maximum absolute atomic E-state index is 12.3. The van der Waals surface area contributed by atoms with Crippen molar-refractivity contribution in [1.82, 2.24) is 5.32 Å². The molecule has 2 rings (SSSR count). The number of rotatable bonds is 7. The van der Waals surface area contributed by atoms with Crippen LogP contribution in [0.1, 0.15) is 36.5 Å². The van der Waals surface area contributed by atoms with E-state index in [4.69, 9.17) is 40.2 Å². The van der Waals surface area contributed by atoms with E-state index in [-0.39, 0.29) is 11.0 Å². The van der Waals surface area contributed by atoms with Crippen molar-refractivity contribution in [3.63, 3.8) is 0 Å². The molecule has 0 saturated heterocycles. The van der Waals surface area contributed by atoms with E-state index in [0.717, 1.165) is 25.0 Å². The SMILES string of the molecule is CCCCCOc1ccc(C(=O)NC(=S)Nc2cccc(Cl)c2Cl)cc1. The maximum atomic E-state index is 12.3. The zero-order chi connectivity index (χ0) is 18.9. The second kappa shape index (κ2) is 10.4. The molecule has 0 aliphatic rings. The topological polar surface area (TPSA) is 50.4 Å².